The van der Waals surface area contributed by atoms with Crippen molar-refractivity contribution in [3.05, 3.63) is 57.8 Å². The van der Waals surface area contributed by atoms with Crippen LogP contribution in [0.25, 0.3) is 0 Å². The molecule has 1 aromatic carbocycles. The third-order valence-electron chi connectivity index (χ3n) is 2.37. The van der Waals surface area contributed by atoms with Gasteiger partial charge in [-0.2, -0.15) is 0 Å². The number of rotatable bonds is 2. The van der Waals surface area contributed by atoms with E-state index < -0.39 is 23.1 Å². The summed E-state index contributed by atoms with van der Waals surface area (Å²) in [6.07, 6.45) is 3.01. The van der Waals surface area contributed by atoms with Gasteiger partial charge in [0.2, 0.25) is 0 Å². The number of nitrogens with zero attached hydrogens (tertiary/aromatic N) is 1. The highest BCUT2D eigenvalue weighted by atomic mass is 79.9. The van der Waals surface area contributed by atoms with Gasteiger partial charge in [-0.15, -0.1) is 0 Å². The lowest BCUT2D eigenvalue weighted by Crippen LogP contribution is -2.16. The summed E-state index contributed by atoms with van der Waals surface area (Å²) in [7, 11) is 0. The summed E-state index contributed by atoms with van der Waals surface area (Å²) in [6.45, 7) is 1.80. The monoisotopic (exact) mass is 326 g/mol. The molecular weight excluding hydrogens is 318 g/mol. The largest absolute Gasteiger partial charge is 0.320 e. The molecule has 0 radical (unpaired) electrons. The molecule has 0 aliphatic rings. The number of carbonyl (C=O) groups is 1. The van der Waals surface area contributed by atoms with Gasteiger partial charge in [-0.25, -0.2) is 8.78 Å². The Morgan fingerprint density at radius 2 is 1.84 bits per heavy atom. The van der Waals surface area contributed by atoms with Gasteiger partial charge in [0.1, 0.15) is 17.2 Å². The van der Waals surface area contributed by atoms with Crippen molar-refractivity contribution in [1.29, 1.82) is 0 Å². The van der Waals surface area contributed by atoms with Crippen molar-refractivity contribution >= 4 is 27.5 Å². The molecule has 0 spiro atoms. The highest BCUT2D eigenvalue weighted by molar-refractivity contribution is 9.10. The first-order valence-electron chi connectivity index (χ1n) is 5.35. The van der Waals surface area contributed by atoms with Crippen LogP contribution in [-0.2, 0) is 0 Å². The number of aryl methyl sites for hydroxylation is 1. The van der Waals surface area contributed by atoms with E-state index >= 15 is 0 Å². The lowest BCUT2D eigenvalue weighted by molar-refractivity contribution is 0.101. The van der Waals surface area contributed by atoms with Gasteiger partial charge in [0.15, 0.2) is 0 Å². The standard InChI is InChI=1S/C13H9BrF2N2O/c1-7-2-9(6-17-5-7)18-13(19)12-10(15)3-8(14)4-11(12)16/h2-6H,1H3,(H,18,19). The molecule has 0 aliphatic carbocycles. The molecule has 19 heavy (non-hydrogen) atoms. The highest BCUT2D eigenvalue weighted by Crippen LogP contribution is 2.20. The van der Waals surface area contributed by atoms with Crippen molar-refractivity contribution in [3.63, 3.8) is 0 Å². The Morgan fingerprint density at radius 1 is 1.21 bits per heavy atom. The van der Waals surface area contributed by atoms with Crippen LogP contribution in [0.2, 0.25) is 0 Å². The van der Waals surface area contributed by atoms with Crippen molar-refractivity contribution in [2.24, 2.45) is 0 Å². The van der Waals surface area contributed by atoms with E-state index in [-0.39, 0.29) is 4.47 Å². The molecule has 3 nitrogen and oxygen atoms in total. The van der Waals surface area contributed by atoms with Crippen LogP contribution in [0.3, 0.4) is 0 Å². The van der Waals surface area contributed by atoms with Crippen molar-refractivity contribution in [1.82, 2.24) is 4.98 Å². The Labute approximate surface area is 116 Å². The molecular formula is C13H9BrF2N2O. The zero-order chi connectivity index (χ0) is 14.0. The van der Waals surface area contributed by atoms with Gasteiger partial charge in [0.05, 0.1) is 11.9 Å². The van der Waals surface area contributed by atoms with E-state index in [0.717, 1.165) is 17.7 Å². The van der Waals surface area contributed by atoms with Crippen LogP contribution < -0.4 is 5.32 Å². The van der Waals surface area contributed by atoms with Gasteiger partial charge in [-0.1, -0.05) is 15.9 Å². The SMILES string of the molecule is Cc1cncc(NC(=O)c2c(F)cc(Br)cc2F)c1. The minimum absolute atomic E-state index is 0.233. The number of anilines is 1. The molecule has 2 rings (SSSR count). The minimum Gasteiger partial charge on any atom is -0.320 e. The average molecular weight is 327 g/mol. The molecule has 0 saturated heterocycles. The fourth-order valence-corrected chi connectivity index (χ4v) is 1.98. The number of hydrogen-bond donors (Lipinski definition) is 1. The molecule has 1 amide bonds. The Morgan fingerprint density at radius 3 is 2.42 bits per heavy atom. The lowest BCUT2D eigenvalue weighted by atomic mass is 10.2. The normalized spacial score (nSPS) is 10.3. The van der Waals surface area contributed by atoms with E-state index in [1.165, 1.54) is 6.20 Å². The number of aromatic nitrogens is 1. The van der Waals surface area contributed by atoms with Crippen LogP contribution in [0.5, 0.6) is 0 Å². The summed E-state index contributed by atoms with van der Waals surface area (Å²) >= 11 is 2.95. The van der Waals surface area contributed by atoms with Crippen LogP contribution in [0.1, 0.15) is 15.9 Å². The minimum atomic E-state index is -0.926. The van der Waals surface area contributed by atoms with E-state index in [1.54, 1.807) is 19.2 Å². The van der Waals surface area contributed by atoms with Crippen LogP contribution in [0.15, 0.2) is 35.1 Å². The van der Waals surface area contributed by atoms with Crippen molar-refractivity contribution < 1.29 is 13.6 Å². The summed E-state index contributed by atoms with van der Waals surface area (Å²) in [5.41, 5.74) is 0.589. The maximum atomic E-state index is 13.6. The van der Waals surface area contributed by atoms with E-state index in [0.29, 0.717) is 5.69 Å². The van der Waals surface area contributed by atoms with Gasteiger partial charge >= 0.3 is 0 Å². The fraction of sp³-hybridized carbons (Fsp3) is 0.0769. The molecule has 0 atom stereocenters. The van der Waals surface area contributed by atoms with Crippen LogP contribution in [0.4, 0.5) is 14.5 Å². The van der Waals surface area contributed by atoms with Gasteiger partial charge in [0.25, 0.3) is 5.91 Å². The molecule has 1 N–H and O–H groups in total. The van der Waals surface area contributed by atoms with Gasteiger partial charge in [0, 0.05) is 10.7 Å². The Bertz CT molecular complexity index is 623. The molecule has 2 aromatic rings. The first-order chi connectivity index (χ1) is 8.97. The average Bonchev–Trinajstić information content (AvgIpc) is 2.27. The number of benzene rings is 1. The van der Waals surface area contributed by atoms with E-state index in [9.17, 15) is 13.6 Å². The van der Waals surface area contributed by atoms with E-state index in [2.05, 4.69) is 26.2 Å². The highest BCUT2D eigenvalue weighted by Gasteiger charge is 2.18. The van der Waals surface area contributed by atoms with Crippen molar-refractivity contribution in [2.45, 2.75) is 6.92 Å². The maximum Gasteiger partial charge on any atom is 0.261 e. The second-order valence-electron chi connectivity index (χ2n) is 3.95. The predicted octanol–water partition coefficient (Wildman–Crippen LogP) is 3.68. The Balaban J connectivity index is 2.31. The summed E-state index contributed by atoms with van der Waals surface area (Å²) < 4.78 is 27.4. The van der Waals surface area contributed by atoms with E-state index in [4.69, 9.17) is 0 Å². The molecule has 1 heterocycles. The third kappa shape index (κ3) is 3.14. The number of amides is 1. The quantitative estimate of drug-likeness (QED) is 0.914. The Hall–Kier alpha value is -1.82. The van der Waals surface area contributed by atoms with Crippen molar-refractivity contribution in [2.75, 3.05) is 5.32 Å². The smallest absolute Gasteiger partial charge is 0.261 e. The maximum absolute atomic E-state index is 13.6. The molecule has 0 bridgehead atoms. The lowest BCUT2D eigenvalue weighted by Gasteiger charge is -2.07. The molecule has 0 fully saturated rings. The molecule has 1 aromatic heterocycles. The summed E-state index contributed by atoms with van der Waals surface area (Å²) in [5.74, 6) is -2.70. The zero-order valence-electron chi connectivity index (χ0n) is 9.88. The number of hydrogen-bond acceptors (Lipinski definition) is 2. The van der Waals surface area contributed by atoms with Crippen LogP contribution in [0, 0.1) is 18.6 Å². The topological polar surface area (TPSA) is 42.0 Å². The molecule has 0 unspecified atom stereocenters. The summed E-state index contributed by atoms with van der Waals surface area (Å²) in [6, 6.07) is 3.72. The predicted molar refractivity (Wildman–Crippen MR) is 71.0 cm³/mol. The number of halogens is 3. The number of carbonyl (C=O) groups excluding carboxylic acids is 1. The summed E-state index contributed by atoms with van der Waals surface area (Å²) in [5, 5.41) is 2.40. The van der Waals surface area contributed by atoms with E-state index in [1.807, 2.05) is 0 Å². The first kappa shape index (κ1) is 13.6. The fourth-order valence-electron chi connectivity index (χ4n) is 1.58. The summed E-state index contributed by atoms with van der Waals surface area (Å²) in [4.78, 5) is 15.7. The third-order valence-corrected chi connectivity index (χ3v) is 2.82. The van der Waals surface area contributed by atoms with Gasteiger partial charge < -0.3 is 5.32 Å². The van der Waals surface area contributed by atoms with Gasteiger partial charge in [-0.3, -0.25) is 9.78 Å². The van der Waals surface area contributed by atoms with Crippen LogP contribution >= 0.6 is 15.9 Å². The van der Waals surface area contributed by atoms with Crippen LogP contribution in [-0.4, -0.2) is 10.9 Å². The second-order valence-corrected chi connectivity index (χ2v) is 4.87. The second kappa shape index (κ2) is 5.44. The number of nitrogens with one attached hydrogen (secondary N) is 1. The first-order valence-corrected chi connectivity index (χ1v) is 6.14. The molecule has 98 valence electrons. The Kier molecular flexibility index (Phi) is 3.90. The van der Waals surface area contributed by atoms with Crippen molar-refractivity contribution in [3.8, 4) is 0 Å². The van der Waals surface area contributed by atoms with Gasteiger partial charge in [-0.05, 0) is 30.7 Å². The molecule has 6 heteroatoms. The zero-order valence-corrected chi connectivity index (χ0v) is 11.5. The number of pyridine rings is 1. The molecule has 0 aliphatic heterocycles. The molecule has 0 saturated carbocycles.